The molecule has 0 heterocycles. The first kappa shape index (κ1) is 15.0. The number of benzene rings is 1. The predicted molar refractivity (Wildman–Crippen MR) is 70.5 cm³/mol. The Morgan fingerprint density at radius 1 is 1.44 bits per heavy atom. The van der Waals surface area contributed by atoms with Gasteiger partial charge in [0.25, 0.3) is 0 Å². The van der Waals surface area contributed by atoms with Gasteiger partial charge in [0.2, 0.25) is 0 Å². The first-order valence-corrected chi connectivity index (χ1v) is 7.56. The number of sulfone groups is 1. The van der Waals surface area contributed by atoms with E-state index in [0.717, 1.165) is 5.56 Å². The molecular weight excluding hydrogens is 276 g/mol. The summed E-state index contributed by atoms with van der Waals surface area (Å²) in [4.78, 5) is 10.9. The first-order chi connectivity index (χ1) is 8.27. The van der Waals surface area contributed by atoms with Gasteiger partial charge in [-0.2, -0.15) is 0 Å². The van der Waals surface area contributed by atoms with Gasteiger partial charge < -0.3 is 5.11 Å². The minimum atomic E-state index is -3.74. The van der Waals surface area contributed by atoms with Crippen molar-refractivity contribution in [1.29, 1.82) is 0 Å². The van der Waals surface area contributed by atoms with Gasteiger partial charge in [-0.25, -0.2) is 8.42 Å². The minimum absolute atomic E-state index is 0.0428. The molecule has 1 N–H and O–H groups in total. The topological polar surface area (TPSA) is 71.4 Å². The number of carboxylic acid groups (broad SMARTS) is 1. The van der Waals surface area contributed by atoms with E-state index in [2.05, 4.69) is 0 Å². The van der Waals surface area contributed by atoms with E-state index >= 15 is 0 Å². The molecule has 0 aliphatic carbocycles. The van der Waals surface area contributed by atoms with Crippen molar-refractivity contribution in [3.63, 3.8) is 0 Å². The average Bonchev–Trinajstić information content (AvgIpc) is 2.22. The summed E-state index contributed by atoms with van der Waals surface area (Å²) in [6, 6.07) is 5.02. The molecule has 0 aliphatic rings. The molecule has 18 heavy (non-hydrogen) atoms. The van der Waals surface area contributed by atoms with Gasteiger partial charge in [0.05, 0.1) is 5.75 Å². The predicted octanol–water partition coefficient (Wildman–Crippen LogP) is 2.43. The zero-order valence-corrected chi connectivity index (χ0v) is 11.8. The second-order valence-electron chi connectivity index (χ2n) is 4.14. The maximum atomic E-state index is 12.0. The van der Waals surface area contributed by atoms with E-state index in [0.29, 0.717) is 10.6 Å². The van der Waals surface area contributed by atoms with E-state index in [4.69, 9.17) is 16.7 Å². The average molecular weight is 291 g/mol. The second kappa shape index (κ2) is 5.71. The van der Waals surface area contributed by atoms with Crippen LogP contribution in [0.15, 0.2) is 18.2 Å². The molecular formula is C12H15ClO4S. The number of rotatable bonds is 5. The van der Waals surface area contributed by atoms with Crippen LogP contribution in [0.1, 0.15) is 24.5 Å². The molecule has 0 spiro atoms. The SMILES string of the molecule is CCC(C(=O)O)S(=O)(=O)Cc1ccc(C)cc1Cl. The Morgan fingerprint density at radius 3 is 2.50 bits per heavy atom. The standard InChI is InChI=1S/C12H15ClO4S/c1-3-11(12(14)15)18(16,17)7-9-5-4-8(2)6-10(9)13/h4-6,11H,3,7H2,1-2H3,(H,14,15). The van der Waals surface area contributed by atoms with Gasteiger partial charge in [-0.3, -0.25) is 4.79 Å². The van der Waals surface area contributed by atoms with Crippen molar-refractivity contribution >= 4 is 27.4 Å². The molecule has 1 atom stereocenters. The second-order valence-corrected chi connectivity index (χ2v) is 6.73. The smallest absolute Gasteiger partial charge is 0.321 e. The van der Waals surface area contributed by atoms with Crippen LogP contribution in [0.4, 0.5) is 0 Å². The zero-order chi connectivity index (χ0) is 13.9. The normalized spacial score (nSPS) is 13.3. The number of carbonyl (C=O) groups is 1. The van der Waals surface area contributed by atoms with Crippen molar-refractivity contribution in [2.24, 2.45) is 0 Å². The summed E-state index contributed by atoms with van der Waals surface area (Å²) < 4.78 is 23.9. The number of hydrogen-bond donors (Lipinski definition) is 1. The van der Waals surface area contributed by atoms with Crippen LogP contribution in [0, 0.1) is 6.92 Å². The van der Waals surface area contributed by atoms with E-state index in [9.17, 15) is 13.2 Å². The Kier molecular flexibility index (Phi) is 4.76. The van der Waals surface area contributed by atoms with E-state index in [1.807, 2.05) is 6.92 Å². The van der Waals surface area contributed by atoms with Crippen molar-refractivity contribution < 1.29 is 18.3 Å². The summed E-state index contributed by atoms with van der Waals surface area (Å²) in [7, 11) is -3.74. The highest BCUT2D eigenvalue weighted by atomic mass is 35.5. The summed E-state index contributed by atoms with van der Waals surface area (Å²) in [5, 5.41) is 7.85. The molecule has 0 fully saturated rings. The zero-order valence-electron chi connectivity index (χ0n) is 10.2. The third-order valence-electron chi connectivity index (χ3n) is 2.64. The molecule has 0 bridgehead atoms. The van der Waals surface area contributed by atoms with Crippen molar-refractivity contribution in [1.82, 2.24) is 0 Å². The van der Waals surface area contributed by atoms with Crippen LogP contribution in [0.25, 0.3) is 0 Å². The highest BCUT2D eigenvalue weighted by Crippen LogP contribution is 2.22. The third-order valence-corrected chi connectivity index (χ3v) is 5.11. The summed E-state index contributed by atoms with van der Waals surface area (Å²) in [6.07, 6.45) is 0.0428. The van der Waals surface area contributed by atoms with Crippen LogP contribution >= 0.6 is 11.6 Å². The highest BCUT2D eigenvalue weighted by molar-refractivity contribution is 7.92. The molecule has 0 aliphatic heterocycles. The Bertz CT molecular complexity index is 551. The van der Waals surface area contributed by atoms with Gasteiger partial charge in [-0.1, -0.05) is 30.7 Å². The van der Waals surface area contributed by atoms with E-state index < -0.39 is 21.1 Å². The molecule has 1 aromatic rings. The van der Waals surface area contributed by atoms with Crippen LogP contribution < -0.4 is 0 Å². The fraction of sp³-hybridized carbons (Fsp3) is 0.417. The Balaban J connectivity index is 3.05. The van der Waals surface area contributed by atoms with Gasteiger partial charge in [0.15, 0.2) is 15.1 Å². The first-order valence-electron chi connectivity index (χ1n) is 5.47. The molecule has 0 radical (unpaired) electrons. The molecule has 1 aromatic carbocycles. The van der Waals surface area contributed by atoms with E-state index in [1.165, 1.54) is 6.92 Å². The molecule has 100 valence electrons. The summed E-state index contributed by atoms with van der Waals surface area (Å²) >= 11 is 5.95. The van der Waals surface area contributed by atoms with Crippen molar-refractivity contribution in [3.05, 3.63) is 34.3 Å². The summed E-state index contributed by atoms with van der Waals surface area (Å²) in [5.74, 6) is -1.67. The molecule has 0 amide bonds. The van der Waals surface area contributed by atoms with Gasteiger partial charge in [-0.15, -0.1) is 0 Å². The van der Waals surface area contributed by atoms with Crippen molar-refractivity contribution in [2.45, 2.75) is 31.3 Å². The number of halogens is 1. The molecule has 1 rings (SSSR count). The lowest BCUT2D eigenvalue weighted by atomic mass is 10.2. The van der Waals surface area contributed by atoms with Crippen LogP contribution in [-0.4, -0.2) is 24.7 Å². The number of hydrogen-bond acceptors (Lipinski definition) is 3. The van der Waals surface area contributed by atoms with Gasteiger partial charge in [-0.05, 0) is 30.5 Å². The maximum Gasteiger partial charge on any atom is 0.321 e. The monoisotopic (exact) mass is 290 g/mol. The van der Waals surface area contributed by atoms with Gasteiger partial charge in [0, 0.05) is 5.02 Å². The lowest BCUT2D eigenvalue weighted by Crippen LogP contribution is -2.30. The lowest BCUT2D eigenvalue weighted by molar-refractivity contribution is -0.136. The van der Waals surface area contributed by atoms with Crippen LogP contribution in [0.3, 0.4) is 0 Å². The fourth-order valence-corrected chi connectivity index (χ4v) is 3.75. The summed E-state index contributed by atoms with van der Waals surface area (Å²) in [6.45, 7) is 3.38. The lowest BCUT2D eigenvalue weighted by Gasteiger charge is -2.12. The fourth-order valence-electron chi connectivity index (χ4n) is 1.67. The Hall–Kier alpha value is -1.07. The molecule has 4 nitrogen and oxygen atoms in total. The number of aliphatic carboxylic acids is 1. The van der Waals surface area contributed by atoms with Crippen molar-refractivity contribution in [2.75, 3.05) is 0 Å². The van der Waals surface area contributed by atoms with Gasteiger partial charge in [0.1, 0.15) is 0 Å². The molecule has 0 saturated carbocycles. The van der Waals surface area contributed by atoms with Crippen LogP contribution in [0.2, 0.25) is 5.02 Å². The van der Waals surface area contributed by atoms with Crippen LogP contribution in [-0.2, 0) is 20.4 Å². The molecule has 0 aromatic heterocycles. The maximum absolute atomic E-state index is 12.0. The third kappa shape index (κ3) is 3.46. The molecule has 0 saturated heterocycles. The minimum Gasteiger partial charge on any atom is -0.480 e. The molecule has 6 heteroatoms. The van der Waals surface area contributed by atoms with Crippen LogP contribution in [0.5, 0.6) is 0 Å². The quantitative estimate of drug-likeness (QED) is 0.904. The number of aryl methyl sites for hydroxylation is 1. The van der Waals surface area contributed by atoms with E-state index in [1.54, 1.807) is 18.2 Å². The molecule has 1 unspecified atom stereocenters. The summed E-state index contributed by atoms with van der Waals surface area (Å²) in [5.41, 5.74) is 1.35. The van der Waals surface area contributed by atoms with Gasteiger partial charge >= 0.3 is 5.97 Å². The van der Waals surface area contributed by atoms with Crippen molar-refractivity contribution in [3.8, 4) is 0 Å². The highest BCUT2D eigenvalue weighted by Gasteiger charge is 2.31. The van der Waals surface area contributed by atoms with E-state index in [-0.39, 0.29) is 12.2 Å². The number of carboxylic acids is 1. The Morgan fingerprint density at radius 2 is 2.06 bits per heavy atom. The Labute approximate surface area is 112 Å². The largest absolute Gasteiger partial charge is 0.480 e.